The van der Waals surface area contributed by atoms with Crippen molar-refractivity contribution in [1.82, 2.24) is 20.1 Å². The number of benzene rings is 1. The van der Waals surface area contributed by atoms with Gasteiger partial charge in [-0.25, -0.2) is 10.2 Å². The van der Waals surface area contributed by atoms with Crippen molar-refractivity contribution < 1.29 is 18.3 Å². The summed E-state index contributed by atoms with van der Waals surface area (Å²) in [5.41, 5.74) is 5.38. The van der Waals surface area contributed by atoms with E-state index in [1.165, 1.54) is 49.9 Å². The van der Waals surface area contributed by atoms with Gasteiger partial charge in [-0.2, -0.15) is 17.8 Å². The van der Waals surface area contributed by atoms with Gasteiger partial charge < -0.3 is 10.4 Å². The highest BCUT2D eigenvalue weighted by Crippen LogP contribution is 2.21. The Kier molecular flexibility index (Phi) is 13.6. The second-order valence-corrected chi connectivity index (χ2v) is 12.4. The molecule has 0 spiro atoms. The Bertz CT molecular complexity index is 1080. The summed E-state index contributed by atoms with van der Waals surface area (Å²) in [5.74, 6) is 1.28. The van der Waals surface area contributed by atoms with Gasteiger partial charge in [0, 0.05) is 23.6 Å². The van der Waals surface area contributed by atoms with Crippen molar-refractivity contribution in [2.45, 2.75) is 103 Å². The molecule has 0 radical (unpaired) electrons. The Morgan fingerprint density at radius 1 is 1.00 bits per heavy atom. The van der Waals surface area contributed by atoms with Gasteiger partial charge in [0.1, 0.15) is 5.75 Å². The third-order valence-corrected chi connectivity index (χ3v) is 8.35. The van der Waals surface area contributed by atoms with Gasteiger partial charge in [0.05, 0.1) is 5.69 Å². The van der Waals surface area contributed by atoms with Crippen LogP contribution in [0, 0.1) is 11.8 Å². The second-order valence-electron chi connectivity index (χ2n) is 10.1. The molecule has 0 fully saturated rings. The van der Waals surface area contributed by atoms with Crippen LogP contribution in [0.4, 0.5) is 15.6 Å². The zero-order valence-corrected chi connectivity index (χ0v) is 24.6. The first-order valence-electron chi connectivity index (χ1n) is 13.6. The predicted molar refractivity (Wildman–Crippen MR) is 154 cm³/mol. The van der Waals surface area contributed by atoms with Gasteiger partial charge in [0.25, 0.3) is 15.2 Å². The van der Waals surface area contributed by atoms with Crippen molar-refractivity contribution in [3.63, 3.8) is 0 Å². The number of aromatic nitrogens is 2. The predicted octanol–water partition coefficient (Wildman–Crippen LogP) is 6.25. The Labute approximate surface area is 231 Å². The number of nitrogens with one attached hydrogen (secondary N) is 4. The van der Waals surface area contributed by atoms with Crippen molar-refractivity contribution >= 4 is 38.4 Å². The monoisotopic (exact) mass is 568 g/mol. The van der Waals surface area contributed by atoms with Crippen molar-refractivity contribution in [2.24, 2.45) is 11.8 Å². The molecular formula is C26H44N6O4S2. The second kappa shape index (κ2) is 16.4. The van der Waals surface area contributed by atoms with Gasteiger partial charge in [-0.05, 0) is 43.2 Å². The van der Waals surface area contributed by atoms with E-state index in [0.29, 0.717) is 5.92 Å². The molecule has 0 bridgehead atoms. The SMILES string of the molecule is CCCC(C)CCCCC(CCC(C)CCC)NC(=O)NNc1nc(S(=O)(=O)Nc2cccc(O)c2)ns1. The summed E-state index contributed by atoms with van der Waals surface area (Å²) in [6.07, 6.45) is 11.1. The molecule has 2 aromatic rings. The minimum atomic E-state index is -4.05. The molecule has 0 aliphatic rings. The molecule has 2 rings (SSSR count). The highest BCUT2D eigenvalue weighted by atomic mass is 32.2. The van der Waals surface area contributed by atoms with Crippen molar-refractivity contribution in [2.75, 3.05) is 10.1 Å². The van der Waals surface area contributed by atoms with E-state index in [4.69, 9.17) is 0 Å². The van der Waals surface area contributed by atoms with E-state index in [9.17, 15) is 18.3 Å². The van der Waals surface area contributed by atoms with Crippen LogP contribution >= 0.6 is 11.5 Å². The number of nitrogens with zero attached hydrogens (tertiary/aromatic N) is 2. The molecular weight excluding hydrogens is 524 g/mol. The van der Waals surface area contributed by atoms with E-state index in [1.807, 2.05) is 0 Å². The first-order valence-corrected chi connectivity index (χ1v) is 15.9. The number of rotatable bonds is 18. The fourth-order valence-corrected chi connectivity index (χ4v) is 6.14. The van der Waals surface area contributed by atoms with Crippen molar-refractivity contribution in [3.05, 3.63) is 24.3 Å². The number of amides is 2. The van der Waals surface area contributed by atoms with Crippen molar-refractivity contribution in [3.8, 4) is 5.75 Å². The standard InChI is InChI=1S/C26H44N6O4S2/c1-5-10-19(3)12-7-8-13-21(17-16-20(4)11-6-2)27-24(34)29-30-25-28-26(31-37-25)38(35,36)32-22-14-9-15-23(33)18-22/h9,14-15,18-21,32-33H,5-8,10-13,16-17H2,1-4H3,(H2,27,29,34)(H,28,30,31). The fraction of sp³-hybridized carbons (Fsp3) is 0.654. The number of phenols is 1. The largest absolute Gasteiger partial charge is 0.508 e. The highest BCUT2D eigenvalue weighted by molar-refractivity contribution is 7.92. The van der Waals surface area contributed by atoms with E-state index in [0.717, 1.165) is 56.0 Å². The quantitative estimate of drug-likeness (QED) is 0.105. The maximum Gasteiger partial charge on any atom is 0.333 e. The maximum absolute atomic E-state index is 12.6. The Morgan fingerprint density at radius 2 is 1.68 bits per heavy atom. The van der Waals surface area contributed by atoms with Crippen LogP contribution in [0.25, 0.3) is 0 Å². The summed E-state index contributed by atoms with van der Waals surface area (Å²) in [7, 11) is -4.05. The number of phenolic OH excluding ortho intramolecular Hbond substituents is 1. The first-order chi connectivity index (χ1) is 18.1. The van der Waals surface area contributed by atoms with Gasteiger partial charge in [0.15, 0.2) is 0 Å². The van der Waals surface area contributed by atoms with Crippen LogP contribution in [-0.2, 0) is 10.0 Å². The molecule has 3 unspecified atom stereocenters. The van der Waals surface area contributed by atoms with Gasteiger partial charge in [-0.3, -0.25) is 10.1 Å². The maximum atomic E-state index is 12.6. The number of hydrazine groups is 1. The smallest absolute Gasteiger partial charge is 0.333 e. The number of carbonyl (C=O) groups excluding carboxylic acids is 1. The molecule has 0 saturated heterocycles. The highest BCUT2D eigenvalue weighted by Gasteiger charge is 2.21. The molecule has 1 aromatic carbocycles. The van der Waals surface area contributed by atoms with Crippen LogP contribution in [0.15, 0.2) is 29.4 Å². The first kappa shape index (κ1) is 31.6. The number of urea groups is 1. The molecule has 12 heteroatoms. The summed E-state index contributed by atoms with van der Waals surface area (Å²) >= 11 is 0.811. The lowest BCUT2D eigenvalue weighted by Gasteiger charge is -2.21. The minimum absolute atomic E-state index is 0.0643. The van der Waals surface area contributed by atoms with Crippen LogP contribution in [0.2, 0.25) is 0 Å². The Morgan fingerprint density at radius 3 is 2.37 bits per heavy atom. The number of unbranched alkanes of at least 4 members (excludes halogenated alkanes) is 1. The molecule has 0 aliphatic heterocycles. The zero-order valence-electron chi connectivity index (χ0n) is 23.0. The van der Waals surface area contributed by atoms with Gasteiger partial charge in [-0.1, -0.05) is 78.7 Å². The van der Waals surface area contributed by atoms with Crippen molar-refractivity contribution in [1.29, 1.82) is 0 Å². The number of aromatic hydroxyl groups is 1. The summed E-state index contributed by atoms with van der Waals surface area (Å²) < 4.78 is 31.3. The van der Waals surface area contributed by atoms with E-state index < -0.39 is 21.2 Å². The number of hydrogen-bond acceptors (Lipinski definition) is 8. The van der Waals surface area contributed by atoms with Gasteiger partial charge in [-0.15, -0.1) is 0 Å². The van der Waals surface area contributed by atoms with Crippen LogP contribution < -0.4 is 20.9 Å². The molecule has 0 aliphatic carbocycles. The van der Waals surface area contributed by atoms with E-state index in [-0.39, 0.29) is 22.6 Å². The average Bonchev–Trinajstić information content (AvgIpc) is 3.34. The number of hydrogen-bond donors (Lipinski definition) is 5. The zero-order chi connectivity index (χ0) is 28.0. The molecule has 1 heterocycles. The van der Waals surface area contributed by atoms with Gasteiger partial charge >= 0.3 is 6.03 Å². The van der Waals surface area contributed by atoms with Gasteiger partial charge in [0.2, 0.25) is 5.13 Å². The third-order valence-electron chi connectivity index (χ3n) is 6.43. The Hall–Kier alpha value is -2.60. The summed E-state index contributed by atoms with van der Waals surface area (Å²) in [5, 5.41) is 12.3. The summed E-state index contributed by atoms with van der Waals surface area (Å²) in [6.45, 7) is 8.97. The van der Waals surface area contributed by atoms with E-state index in [1.54, 1.807) is 0 Å². The number of anilines is 2. The third kappa shape index (κ3) is 11.8. The lowest BCUT2D eigenvalue weighted by atomic mass is 9.93. The lowest BCUT2D eigenvalue weighted by Crippen LogP contribution is -2.44. The molecule has 214 valence electrons. The molecule has 38 heavy (non-hydrogen) atoms. The topological polar surface area (TPSA) is 145 Å². The van der Waals surface area contributed by atoms with Crippen LogP contribution in [0.5, 0.6) is 5.75 Å². The summed E-state index contributed by atoms with van der Waals surface area (Å²) in [6, 6.07) is 5.40. The van der Waals surface area contributed by atoms with Crippen LogP contribution in [-0.4, -0.2) is 35.0 Å². The van der Waals surface area contributed by atoms with Crippen LogP contribution in [0.1, 0.15) is 91.9 Å². The molecule has 0 saturated carbocycles. The molecule has 1 aromatic heterocycles. The molecule has 3 atom stereocenters. The van der Waals surface area contributed by atoms with E-state index in [2.05, 4.69) is 57.9 Å². The van der Waals surface area contributed by atoms with Crippen LogP contribution in [0.3, 0.4) is 0 Å². The summed E-state index contributed by atoms with van der Waals surface area (Å²) in [4.78, 5) is 16.6. The number of carbonyl (C=O) groups is 1. The van der Waals surface area contributed by atoms with E-state index >= 15 is 0 Å². The lowest BCUT2D eigenvalue weighted by molar-refractivity contribution is 0.235. The Balaban J connectivity index is 1.87. The number of sulfonamides is 1. The molecule has 2 amide bonds. The average molecular weight is 569 g/mol. The normalized spacial score (nSPS) is 13.9. The fourth-order valence-electron chi connectivity index (χ4n) is 4.40. The molecule has 10 nitrogen and oxygen atoms in total. The molecule has 5 N–H and O–H groups in total. The minimum Gasteiger partial charge on any atom is -0.508 e.